The maximum atomic E-state index is 13.1. The number of hydrogen-bond acceptors (Lipinski definition) is 5. The number of aromatic nitrogens is 2. The van der Waals surface area contributed by atoms with Crippen LogP contribution < -0.4 is 15.4 Å². The first-order chi connectivity index (χ1) is 15.5. The number of nitrogens with one attached hydrogen (secondary N) is 2. The molecule has 32 heavy (non-hydrogen) atoms. The fourth-order valence-corrected chi connectivity index (χ4v) is 4.38. The van der Waals surface area contributed by atoms with Crippen molar-refractivity contribution in [1.29, 1.82) is 0 Å². The number of hydrogen-bond donors (Lipinski definition) is 2. The molecule has 1 aliphatic heterocycles. The zero-order chi connectivity index (χ0) is 22.2. The Kier molecular flexibility index (Phi) is 5.01. The molecule has 1 aliphatic carbocycles. The summed E-state index contributed by atoms with van der Waals surface area (Å²) in [6.45, 7) is 2.03. The highest BCUT2D eigenvalue weighted by Crippen LogP contribution is 2.41. The second-order valence-electron chi connectivity index (χ2n) is 8.14. The fraction of sp³-hybridized carbons (Fsp3) is 0.240. The zero-order valence-corrected chi connectivity index (χ0v) is 18.0. The Labute approximate surface area is 186 Å². The summed E-state index contributed by atoms with van der Waals surface area (Å²) in [6, 6.07) is 15.0. The van der Waals surface area contributed by atoms with Crippen molar-refractivity contribution in [1.82, 2.24) is 9.78 Å². The van der Waals surface area contributed by atoms with Crippen LogP contribution in [0.1, 0.15) is 46.8 Å². The molecule has 2 N–H and O–H groups in total. The number of fused-ring (bicyclic) bond motifs is 1. The third kappa shape index (κ3) is 3.45. The largest absolute Gasteiger partial charge is 0.497 e. The predicted octanol–water partition coefficient (Wildman–Crippen LogP) is 4.47. The molecule has 0 saturated carbocycles. The number of ether oxygens (including phenoxy) is 1. The Bertz CT molecular complexity index is 1240. The van der Waals surface area contributed by atoms with Gasteiger partial charge < -0.3 is 15.4 Å². The standard InChI is InChI=1S/C25H24N4O3/c1-15-9-11-16(12-10-15)23-22-20(7-4-8-21(22)30)28-24-19(14-26-29(23)24)25(31)27-17-5-3-6-18(13-17)32-2/h3,5-6,9-14,23,28H,4,7-8H2,1-2H3,(H,27,31)/t23-/m1/s1. The van der Waals surface area contributed by atoms with Crippen LogP contribution in [0.5, 0.6) is 5.75 Å². The van der Waals surface area contributed by atoms with Crippen LogP contribution in [0, 0.1) is 6.92 Å². The Morgan fingerprint density at radius 3 is 2.78 bits per heavy atom. The van der Waals surface area contributed by atoms with Gasteiger partial charge in [0.1, 0.15) is 23.2 Å². The molecular weight excluding hydrogens is 404 g/mol. The molecule has 0 radical (unpaired) electrons. The van der Waals surface area contributed by atoms with E-state index in [-0.39, 0.29) is 17.7 Å². The summed E-state index contributed by atoms with van der Waals surface area (Å²) in [5, 5.41) is 10.8. The van der Waals surface area contributed by atoms with Crippen molar-refractivity contribution in [2.45, 2.75) is 32.2 Å². The van der Waals surface area contributed by atoms with Crippen LogP contribution in [0.2, 0.25) is 0 Å². The summed E-state index contributed by atoms with van der Waals surface area (Å²) in [4.78, 5) is 26.0. The first-order valence-electron chi connectivity index (χ1n) is 10.7. The van der Waals surface area contributed by atoms with Crippen LogP contribution in [-0.4, -0.2) is 28.6 Å². The van der Waals surface area contributed by atoms with Gasteiger partial charge in [-0.25, -0.2) is 4.68 Å². The van der Waals surface area contributed by atoms with Gasteiger partial charge in [0.25, 0.3) is 5.91 Å². The van der Waals surface area contributed by atoms with E-state index in [1.54, 1.807) is 30.1 Å². The van der Waals surface area contributed by atoms with Crippen LogP contribution in [0.15, 0.2) is 66.0 Å². The average molecular weight is 428 g/mol. The highest BCUT2D eigenvalue weighted by molar-refractivity contribution is 6.08. The molecule has 2 aromatic carbocycles. The highest BCUT2D eigenvalue weighted by Gasteiger charge is 2.37. The Morgan fingerprint density at radius 1 is 1.19 bits per heavy atom. The van der Waals surface area contributed by atoms with Crippen LogP contribution in [-0.2, 0) is 4.79 Å². The van der Waals surface area contributed by atoms with Gasteiger partial charge in [-0.3, -0.25) is 9.59 Å². The minimum absolute atomic E-state index is 0.132. The number of carbonyl (C=O) groups excluding carboxylic acids is 2. The number of methoxy groups -OCH3 is 1. The summed E-state index contributed by atoms with van der Waals surface area (Å²) in [7, 11) is 1.58. The van der Waals surface area contributed by atoms with Gasteiger partial charge in [-0.2, -0.15) is 5.10 Å². The fourth-order valence-electron chi connectivity index (χ4n) is 4.38. The summed E-state index contributed by atoms with van der Waals surface area (Å²) < 4.78 is 7.00. The normalized spacial score (nSPS) is 17.3. The number of allylic oxidation sites excluding steroid dienone is 2. The molecular formula is C25H24N4O3. The van der Waals surface area contributed by atoms with E-state index < -0.39 is 0 Å². The van der Waals surface area contributed by atoms with Gasteiger partial charge in [0, 0.05) is 29.4 Å². The number of aryl methyl sites for hydroxylation is 1. The molecule has 0 unspecified atom stereocenters. The van der Waals surface area contributed by atoms with Crippen LogP contribution in [0.25, 0.3) is 0 Å². The number of Topliss-reactive ketones (excluding diaryl/α,β-unsaturated/α-hetero) is 1. The van der Waals surface area contributed by atoms with Crippen molar-refractivity contribution in [3.05, 3.63) is 82.7 Å². The van der Waals surface area contributed by atoms with Crippen molar-refractivity contribution < 1.29 is 14.3 Å². The number of ketones is 1. The van der Waals surface area contributed by atoms with Crippen molar-refractivity contribution in [2.75, 3.05) is 17.7 Å². The number of amides is 1. The summed E-state index contributed by atoms with van der Waals surface area (Å²) in [5.41, 5.74) is 4.81. The van der Waals surface area contributed by atoms with E-state index in [1.165, 1.54) is 0 Å². The minimum atomic E-state index is -0.354. The molecule has 0 saturated heterocycles. The van der Waals surface area contributed by atoms with Gasteiger partial charge in [-0.15, -0.1) is 0 Å². The molecule has 1 aromatic heterocycles. The molecule has 2 aliphatic rings. The van der Waals surface area contributed by atoms with Gasteiger partial charge in [0.15, 0.2) is 5.78 Å². The van der Waals surface area contributed by atoms with Crippen LogP contribution >= 0.6 is 0 Å². The van der Waals surface area contributed by atoms with E-state index >= 15 is 0 Å². The number of carbonyl (C=O) groups is 2. The van der Waals surface area contributed by atoms with E-state index in [4.69, 9.17) is 4.74 Å². The summed E-state index contributed by atoms with van der Waals surface area (Å²) in [6.07, 6.45) is 3.65. The topological polar surface area (TPSA) is 85.2 Å². The second kappa shape index (κ2) is 8.00. The average Bonchev–Trinajstić information content (AvgIpc) is 3.22. The van der Waals surface area contributed by atoms with Crippen molar-refractivity contribution in [3.8, 4) is 5.75 Å². The first kappa shape index (κ1) is 20.1. The van der Waals surface area contributed by atoms with E-state index in [2.05, 4.69) is 15.7 Å². The lowest BCUT2D eigenvalue weighted by Gasteiger charge is -2.33. The van der Waals surface area contributed by atoms with Crippen molar-refractivity contribution in [2.24, 2.45) is 0 Å². The molecule has 0 fully saturated rings. The van der Waals surface area contributed by atoms with Gasteiger partial charge in [-0.05, 0) is 37.5 Å². The lowest BCUT2D eigenvalue weighted by atomic mass is 9.85. The number of benzene rings is 2. The molecule has 1 amide bonds. The summed E-state index contributed by atoms with van der Waals surface area (Å²) in [5.74, 6) is 1.12. The van der Waals surface area contributed by atoms with Crippen LogP contribution in [0.4, 0.5) is 11.5 Å². The Hall–Kier alpha value is -3.87. The van der Waals surface area contributed by atoms with Crippen molar-refractivity contribution in [3.63, 3.8) is 0 Å². The third-order valence-corrected chi connectivity index (χ3v) is 6.00. The molecule has 7 heteroatoms. The molecule has 162 valence electrons. The Morgan fingerprint density at radius 2 is 2.00 bits per heavy atom. The molecule has 1 atom stereocenters. The molecule has 0 bridgehead atoms. The first-order valence-corrected chi connectivity index (χ1v) is 10.7. The van der Waals surface area contributed by atoms with Gasteiger partial charge in [0.05, 0.1) is 13.3 Å². The number of nitrogens with zero attached hydrogens (tertiary/aromatic N) is 2. The van der Waals surface area contributed by atoms with E-state index in [0.717, 1.165) is 35.2 Å². The maximum Gasteiger partial charge on any atom is 0.261 e. The molecule has 5 rings (SSSR count). The third-order valence-electron chi connectivity index (χ3n) is 6.00. The number of anilines is 2. The Balaban J connectivity index is 1.55. The van der Waals surface area contributed by atoms with Crippen LogP contribution in [0.3, 0.4) is 0 Å². The SMILES string of the molecule is COc1cccc(NC(=O)c2cnn3c2NC2=C(C(=O)CCC2)[C@H]3c2ccc(C)cc2)c1. The minimum Gasteiger partial charge on any atom is -0.497 e. The maximum absolute atomic E-state index is 13.1. The smallest absolute Gasteiger partial charge is 0.261 e. The highest BCUT2D eigenvalue weighted by atomic mass is 16.5. The van der Waals surface area contributed by atoms with E-state index in [1.807, 2.05) is 43.3 Å². The number of rotatable bonds is 4. The van der Waals surface area contributed by atoms with E-state index in [0.29, 0.717) is 29.2 Å². The van der Waals surface area contributed by atoms with Gasteiger partial charge in [-0.1, -0.05) is 35.9 Å². The second-order valence-corrected chi connectivity index (χ2v) is 8.14. The lowest BCUT2D eigenvalue weighted by Crippen LogP contribution is -2.32. The molecule has 3 aromatic rings. The quantitative estimate of drug-likeness (QED) is 0.640. The molecule has 0 spiro atoms. The van der Waals surface area contributed by atoms with Gasteiger partial charge in [0.2, 0.25) is 0 Å². The molecule has 2 heterocycles. The monoisotopic (exact) mass is 428 g/mol. The van der Waals surface area contributed by atoms with Crippen molar-refractivity contribution >= 4 is 23.2 Å². The lowest BCUT2D eigenvalue weighted by molar-refractivity contribution is -0.116. The molecule has 7 nitrogen and oxygen atoms in total. The predicted molar refractivity (Wildman–Crippen MR) is 122 cm³/mol. The zero-order valence-electron chi connectivity index (χ0n) is 18.0. The summed E-state index contributed by atoms with van der Waals surface area (Å²) >= 11 is 0. The van der Waals surface area contributed by atoms with E-state index in [9.17, 15) is 9.59 Å². The van der Waals surface area contributed by atoms with Gasteiger partial charge >= 0.3 is 0 Å².